The predicted octanol–water partition coefficient (Wildman–Crippen LogP) is 2.22. The molecule has 0 heterocycles. The highest BCUT2D eigenvalue weighted by Crippen LogP contribution is 2.24. The zero-order valence-electron chi connectivity index (χ0n) is 12.9. The van der Waals surface area contributed by atoms with Crippen LogP contribution in [0, 0.1) is 5.92 Å². The Morgan fingerprint density at radius 3 is 2.48 bits per heavy atom. The van der Waals surface area contributed by atoms with Crippen molar-refractivity contribution in [2.75, 3.05) is 6.54 Å². The van der Waals surface area contributed by atoms with E-state index in [1.54, 1.807) is 6.07 Å². The summed E-state index contributed by atoms with van der Waals surface area (Å²) in [6.45, 7) is 4.45. The fourth-order valence-corrected chi connectivity index (χ4v) is 4.24. The Labute approximate surface area is 128 Å². The van der Waals surface area contributed by atoms with Gasteiger partial charge in [0.1, 0.15) is 0 Å². The lowest BCUT2D eigenvalue weighted by Crippen LogP contribution is -2.41. The molecule has 0 bridgehead atoms. The summed E-state index contributed by atoms with van der Waals surface area (Å²) in [5.74, 6) is 0.407. The van der Waals surface area contributed by atoms with Gasteiger partial charge in [0.15, 0.2) is 0 Å². The third-order valence-electron chi connectivity index (χ3n) is 3.99. The van der Waals surface area contributed by atoms with Crippen LogP contribution in [0.5, 0.6) is 0 Å². The standard InChI is InChI=1S/C16H26N2O2S/c1-12(2)9-15(11-17)18-21(19,20)16-8-7-13-5-3-4-6-14(13)10-16/h7-8,10,12,15,18H,3-6,9,11,17H2,1-2H3. The fraction of sp³-hybridized carbons (Fsp3) is 0.625. The Kier molecular flexibility index (Phi) is 5.41. The summed E-state index contributed by atoms with van der Waals surface area (Å²) in [6.07, 6.45) is 5.12. The van der Waals surface area contributed by atoms with Crippen molar-refractivity contribution in [3.05, 3.63) is 29.3 Å². The number of hydrogen-bond donors (Lipinski definition) is 2. The first-order valence-electron chi connectivity index (χ1n) is 7.76. The minimum Gasteiger partial charge on any atom is -0.329 e. The van der Waals surface area contributed by atoms with E-state index < -0.39 is 10.0 Å². The third kappa shape index (κ3) is 4.28. The molecule has 0 spiro atoms. The van der Waals surface area contributed by atoms with E-state index >= 15 is 0 Å². The molecular weight excluding hydrogens is 284 g/mol. The van der Waals surface area contributed by atoms with Crippen molar-refractivity contribution in [3.8, 4) is 0 Å². The molecule has 0 saturated carbocycles. The zero-order chi connectivity index (χ0) is 15.5. The summed E-state index contributed by atoms with van der Waals surface area (Å²) < 4.78 is 27.7. The molecule has 21 heavy (non-hydrogen) atoms. The van der Waals surface area contributed by atoms with Crippen molar-refractivity contribution >= 4 is 10.0 Å². The van der Waals surface area contributed by atoms with E-state index in [2.05, 4.69) is 18.6 Å². The molecule has 118 valence electrons. The molecule has 1 aromatic carbocycles. The number of sulfonamides is 1. The van der Waals surface area contributed by atoms with Gasteiger partial charge in [0.25, 0.3) is 0 Å². The molecule has 0 saturated heterocycles. The minimum absolute atomic E-state index is 0.203. The van der Waals surface area contributed by atoms with Gasteiger partial charge in [-0.1, -0.05) is 19.9 Å². The van der Waals surface area contributed by atoms with Gasteiger partial charge < -0.3 is 5.73 Å². The van der Waals surface area contributed by atoms with Crippen LogP contribution in [0.25, 0.3) is 0 Å². The van der Waals surface area contributed by atoms with Gasteiger partial charge in [-0.3, -0.25) is 0 Å². The Hall–Kier alpha value is -0.910. The van der Waals surface area contributed by atoms with Crippen LogP contribution < -0.4 is 10.5 Å². The van der Waals surface area contributed by atoms with Gasteiger partial charge >= 0.3 is 0 Å². The van der Waals surface area contributed by atoms with Crippen LogP contribution in [0.15, 0.2) is 23.1 Å². The Balaban J connectivity index is 2.19. The van der Waals surface area contributed by atoms with E-state index in [-0.39, 0.29) is 6.04 Å². The maximum atomic E-state index is 12.5. The Bertz CT molecular complexity index is 582. The SMILES string of the molecule is CC(C)CC(CN)NS(=O)(=O)c1ccc2c(c1)CCCC2. The van der Waals surface area contributed by atoms with E-state index in [1.807, 2.05) is 12.1 Å². The molecular formula is C16H26N2O2S. The largest absolute Gasteiger partial charge is 0.329 e. The van der Waals surface area contributed by atoms with Crippen LogP contribution in [0.1, 0.15) is 44.2 Å². The van der Waals surface area contributed by atoms with Crippen molar-refractivity contribution in [1.29, 1.82) is 0 Å². The highest BCUT2D eigenvalue weighted by atomic mass is 32.2. The van der Waals surface area contributed by atoms with E-state index in [0.29, 0.717) is 17.4 Å². The third-order valence-corrected chi connectivity index (χ3v) is 5.51. The Morgan fingerprint density at radius 2 is 1.86 bits per heavy atom. The first-order valence-corrected chi connectivity index (χ1v) is 9.25. The number of aryl methyl sites for hydroxylation is 2. The molecule has 1 unspecified atom stereocenters. The molecule has 1 atom stereocenters. The van der Waals surface area contributed by atoms with E-state index in [9.17, 15) is 8.42 Å². The summed E-state index contributed by atoms with van der Waals surface area (Å²) in [5.41, 5.74) is 8.16. The van der Waals surface area contributed by atoms with E-state index in [1.165, 1.54) is 17.5 Å². The van der Waals surface area contributed by atoms with Gasteiger partial charge in [-0.25, -0.2) is 13.1 Å². The molecule has 3 N–H and O–H groups in total. The average molecular weight is 310 g/mol. The van der Waals surface area contributed by atoms with Gasteiger partial charge in [0, 0.05) is 12.6 Å². The van der Waals surface area contributed by atoms with Crippen LogP contribution >= 0.6 is 0 Å². The van der Waals surface area contributed by atoms with Gasteiger partial charge in [0.2, 0.25) is 10.0 Å². The lowest BCUT2D eigenvalue weighted by atomic mass is 9.92. The maximum Gasteiger partial charge on any atom is 0.240 e. The lowest BCUT2D eigenvalue weighted by molar-refractivity contribution is 0.465. The van der Waals surface area contributed by atoms with E-state index in [4.69, 9.17) is 5.73 Å². The van der Waals surface area contributed by atoms with Crippen LogP contribution in [-0.2, 0) is 22.9 Å². The molecule has 0 aliphatic heterocycles. The van der Waals surface area contributed by atoms with Crippen molar-refractivity contribution in [2.24, 2.45) is 11.7 Å². The number of benzene rings is 1. The highest BCUT2D eigenvalue weighted by Gasteiger charge is 2.21. The summed E-state index contributed by atoms with van der Waals surface area (Å²) in [5, 5.41) is 0. The van der Waals surface area contributed by atoms with Crippen molar-refractivity contribution in [2.45, 2.75) is 56.9 Å². The topological polar surface area (TPSA) is 72.2 Å². The average Bonchev–Trinajstić information content (AvgIpc) is 2.45. The summed E-state index contributed by atoms with van der Waals surface area (Å²) in [4.78, 5) is 0.366. The zero-order valence-corrected chi connectivity index (χ0v) is 13.7. The quantitative estimate of drug-likeness (QED) is 0.846. The smallest absolute Gasteiger partial charge is 0.240 e. The second-order valence-corrected chi connectivity index (χ2v) is 8.04. The molecule has 1 aliphatic rings. The monoisotopic (exact) mass is 310 g/mol. The number of rotatable bonds is 6. The molecule has 0 aromatic heterocycles. The van der Waals surface area contributed by atoms with Crippen molar-refractivity contribution in [3.63, 3.8) is 0 Å². The summed E-state index contributed by atoms with van der Waals surface area (Å²) >= 11 is 0. The first-order chi connectivity index (χ1) is 9.92. The van der Waals surface area contributed by atoms with Gasteiger partial charge in [-0.05, 0) is 61.3 Å². The molecule has 0 amide bonds. The predicted molar refractivity (Wildman–Crippen MR) is 85.7 cm³/mol. The maximum absolute atomic E-state index is 12.5. The molecule has 0 fully saturated rings. The van der Waals surface area contributed by atoms with Crippen LogP contribution in [-0.4, -0.2) is 21.0 Å². The molecule has 5 heteroatoms. The van der Waals surface area contributed by atoms with Crippen molar-refractivity contribution < 1.29 is 8.42 Å². The van der Waals surface area contributed by atoms with E-state index in [0.717, 1.165) is 25.7 Å². The molecule has 1 aromatic rings. The van der Waals surface area contributed by atoms with Crippen LogP contribution in [0.3, 0.4) is 0 Å². The van der Waals surface area contributed by atoms with Gasteiger partial charge in [0.05, 0.1) is 4.90 Å². The second-order valence-electron chi connectivity index (χ2n) is 6.32. The molecule has 4 nitrogen and oxygen atoms in total. The van der Waals surface area contributed by atoms with Crippen molar-refractivity contribution in [1.82, 2.24) is 4.72 Å². The van der Waals surface area contributed by atoms with Gasteiger partial charge in [-0.15, -0.1) is 0 Å². The number of hydrogen-bond acceptors (Lipinski definition) is 3. The fourth-order valence-electron chi connectivity index (χ4n) is 2.93. The van der Waals surface area contributed by atoms with Gasteiger partial charge in [-0.2, -0.15) is 0 Å². The molecule has 2 rings (SSSR count). The van der Waals surface area contributed by atoms with Crippen LogP contribution in [0.2, 0.25) is 0 Å². The normalized spacial score (nSPS) is 16.8. The molecule has 0 radical (unpaired) electrons. The highest BCUT2D eigenvalue weighted by molar-refractivity contribution is 7.89. The number of nitrogens with one attached hydrogen (secondary N) is 1. The summed E-state index contributed by atoms with van der Waals surface area (Å²) in [7, 11) is -3.48. The number of fused-ring (bicyclic) bond motifs is 1. The number of nitrogens with two attached hydrogens (primary N) is 1. The Morgan fingerprint density at radius 1 is 1.19 bits per heavy atom. The molecule has 1 aliphatic carbocycles. The minimum atomic E-state index is -3.48. The van der Waals surface area contributed by atoms with Crippen LogP contribution in [0.4, 0.5) is 0 Å². The summed E-state index contributed by atoms with van der Waals surface area (Å²) in [6, 6.07) is 5.31. The lowest BCUT2D eigenvalue weighted by Gasteiger charge is -2.20. The second kappa shape index (κ2) is 6.90. The first kappa shape index (κ1) is 16.5.